The Balaban J connectivity index is 2.03. The lowest BCUT2D eigenvalue weighted by Crippen LogP contribution is -2.37. The van der Waals surface area contributed by atoms with Crippen LogP contribution in [0, 0.1) is 18.3 Å². The number of hydrogen-bond donors (Lipinski definition) is 1. The second kappa shape index (κ2) is 6.29. The third-order valence-corrected chi connectivity index (χ3v) is 4.60. The summed E-state index contributed by atoms with van der Waals surface area (Å²) in [6.07, 6.45) is 4.10. The molecule has 2 atom stereocenters. The highest BCUT2D eigenvalue weighted by Gasteiger charge is 2.32. The molecule has 21 heavy (non-hydrogen) atoms. The van der Waals surface area contributed by atoms with Crippen molar-refractivity contribution in [2.45, 2.75) is 73.0 Å². The lowest BCUT2D eigenvalue weighted by Gasteiger charge is -2.40. The Kier molecular flexibility index (Phi) is 4.85. The molecule has 1 aromatic rings. The van der Waals surface area contributed by atoms with E-state index in [9.17, 15) is 0 Å². The summed E-state index contributed by atoms with van der Waals surface area (Å²) in [6, 6.07) is 6.97. The highest BCUT2D eigenvalue weighted by atomic mass is 16.5. The number of anilines is 1. The third kappa shape index (κ3) is 4.39. The largest absolute Gasteiger partial charge is 0.491 e. The van der Waals surface area contributed by atoms with E-state index < -0.39 is 0 Å². The Bertz CT molecular complexity index is 478. The van der Waals surface area contributed by atoms with Crippen molar-refractivity contribution in [3.8, 4) is 5.75 Å². The molecule has 118 valence electrons. The van der Waals surface area contributed by atoms with Crippen LogP contribution < -0.4 is 10.1 Å². The van der Waals surface area contributed by atoms with Crippen LogP contribution in [0.4, 0.5) is 5.69 Å². The molecule has 0 spiro atoms. The second-order valence-corrected chi connectivity index (χ2v) is 7.78. The van der Waals surface area contributed by atoms with Crippen molar-refractivity contribution < 1.29 is 4.74 Å². The third-order valence-electron chi connectivity index (χ3n) is 4.60. The minimum atomic E-state index is 0.226. The van der Waals surface area contributed by atoms with E-state index in [1.807, 2.05) is 0 Å². The van der Waals surface area contributed by atoms with Gasteiger partial charge in [0.15, 0.2) is 0 Å². The SMILES string of the molecule is Cc1cc(OC(C)C)ccc1NC1CCC(C)(C)CC1C. The summed E-state index contributed by atoms with van der Waals surface area (Å²) in [4.78, 5) is 0. The van der Waals surface area contributed by atoms with Gasteiger partial charge in [-0.05, 0) is 75.1 Å². The Labute approximate surface area is 130 Å². The molecule has 2 rings (SSSR count). The van der Waals surface area contributed by atoms with Crippen LogP contribution in [0.3, 0.4) is 0 Å². The monoisotopic (exact) mass is 289 g/mol. The molecule has 1 saturated carbocycles. The molecule has 0 radical (unpaired) electrons. The van der Waals surface area contributed by atoms with E-state index in [-0.39, 0.29) is 6.10 Å². The Hall–Kier alpha value is -1.18. The van der Waals surface area contributed by atoms with Gasteiger partial charge in [0.25, 0.3) is 0 Å². The van der Waals surface area contributed by atoms with Crippen LogP contribution in [0.15, 0.2) is 18.2 Å². The van der Waals surface area contributed by atoms with Crippen LogP contribution in [0.5, 0.6) is 5.75 Å². The van der Waals surface area contributed by atoms with Gasteiger partial charge in [-0.25, -0.2) is 0 Å². The van der Waals surface area contributed by atoms with Gasteiger partial charge in [0.05, 0.1) is 6.10 Å². The molecule has 0 bridgehead atoms. The summed E-state index contributed by atoms with van der Waals surface area (Å²) in [7, 11) is 0. The zero-order valence-corrected chi connectivity index (χ0v) is 14.5. The van der Waals surface area contributed by atoms with Crippen molar-refractivity contribution in [3.05, 3.63) is 23.8 Å². The summed E-state index contributed by atoms with van der Waals surface area (Å²) < 4.78 is 5.76. The van der Waals surface area contributed by atoms with Crippen molar-refractivity contribution >= 4 is 5.69 Å². The first-order chi connectivity index (χ1) is 9.77. The predicted molar refractivity (Wildman–Crippen MR) is 91.1 cm³/mol. The maximum absolute atomic E-state index is 5.76. The van der Waals surface area contributed by atoms with Crippen LogP contribution >= 0.6 is 0 Å². The second-order valence-electron chi connectivity index (χ2n) is 7.78. The van der Waals surface area contributed by atoms with E-state index in [1.54, 1.807) is 0 Å². The van der Waals surface area contributed by atoms with Gasteiger partial charge >= 0.3 is 0 Å². The van der Waals surface area contributed by atoms with E-state index in [0.717, 1.165) is 11.7 Å². The van der Waals surface area contributed by atoms with Crippen molar-refractivity contribution in [2.75, 3.05) is 5.32 Å². The quantitative estimate of drug-likeness (QED) is 0.800. The molecule has 2 heteroatoms. The van der Waals surface area contributed by atoms with Gasteiger partial charge in [-0.1, -0.05) is 20.8 Å². The van der Waals surface area contributed by atoms with Crippen LogP contribution in [0.25, 0.3) is 0 Å². The highest BCUT2D eigenvalue weighted by Crippen LogP contribution is 2.39. The lowest BCUT2D eigenvalue weighted by molar-refractivity contribution is 0.177. The zero-order chi connectivity index (χ0) is 15.6. The van der Waals surface area contributed by atoms with Gasteiger partial charge in [0.1, 0.15) is 5.75 Å². The maximum Gasteiger partial charge on any atom is 0.120 e. The Morgan fingerprint density at radius 2 is 2.00 bits per heavy atom. The van der Waals surface area contributed by atoms with Gasteiger partial charge in [-0.2, -0.15) is 0 Å². The topological polar surface area (TPSA) is 21.3 Å². The Morgan fingerprint density at radius 3 is 2.57 bits per heavy atom. The molecule has 1 aliphatic carbocycles. The van der Waals surface area contributed by atoms with Crippen molar-refractivity contribution in [1.29, 1.82) is 0 Å². The zero-order valence-electron chi connectivity index (χ0n) is 14.5. The van der Waals surface area contributed by atoms with Crippen molar-refractivity contribution in [2.24, 2.45) is 11.3 Å². The number of ether oxygens (including phenoxy) is 1. The van der Waals surface area contributed by atoms with Gasteiger partial charge in [0.2, 0.25) is 0 Å². The van der Waals surface area contributed by atoms with Crippen molar-refractivity contribution in [3.63, 3.8) is 0 Å². The normalized spacial score (nSPS) is 24.9. The summed E-state index contributed by atoms with van der Waals surface area (Å²) in [5, 5.41) is 3.76. The van der Waals surface area contributed by atoms with Crippen LogP contribution in [0.2, 0.25) is 0 Å². The average Bonchev–Trinajstić information content (AvgIpc) is 2.34. The van der Waals surface area contributed by atoms with E-state index >= 15 is 0 Å². The molecule has 1 N–H and O–H groups in total. The number of rotatable bonds is 4. The summed E-state index contributed by atoms with van der Waals surface area (Å²) in [6.45, 7) is 13.4. The first-order valence-corrected chi connectivity index (χ1v) is 8.31. The van der Waals surface area contributed by atoms with Gasteiger partial charge in [0, 0.05) is 11.7 Å². The Morgan fingerprint density at radius 1 is 1.29 bits per heavy atom. The molecule has 2 unspecified atom stereocenters. The summed E-state index contributed by atoms with van der Waals surface area (Å²) in [5.41, 5.74) is 3.02. The van der Waals surface area contributed by atoms with Crippen molar-refractivity contribution in [1.82, 2.24) is 0 Å². The molecule has 1 aromatic carbocycles. The highest BCUT2D eigenvalue weighted by molar-refractivity contribution is 5.54. The van der Waals surface area contributed by atoms with E-state index in [1.165, 1.54) is 30.5 Å². The molecule has 2 nitrogen and oxygen atoms in total. The first-order valence-electron chi connectivity index (χ1n) is 8.31. The average molecular weight is 289 g/mol. The first kappa shape index (κ1) is 16.2. The van der Waals surface area contributed by atoms with E-state index in [0.29, 0.717) is 11.5 Å². The standard InChI is InChI=1S/C19H31NO/c1-13(2)21-16-7-8-17(14(3)11-16)20-18-9-10-19(5,6)12-15(18)4/h7-8,11,13,15,18,20H,9-10,12H2,1-6H3. The molecule has 1 aliphatic rings. The fourth-order valence-electron chi connectivity index (χ4n) is 3.50. The molecule has 0 amide bonds. The molecule has 0 aromatic heterocycles. The van der Waals surface area contributed by atoms with Crippen LogP contribution in [-0.4, -0.2) is 12.1 Å². The smallest absolute Gasteiger partial charge is 0.120 e. The van der Waals surface area contributed by atoms with E-state index in [2.05, 4.69) is 65.1 Å². The maximum atomic E-state index is 5.76. The lowest BCUT2D eigenvalue weighted by atomic mass is 9.70. The number of nitrogens with one attached hydrogen (secondary N) is 1. The molecule has 0 aliphatic heterocycles. The molecule has 0 heterocycles. The summed E-state index contributed by atoms with van der Waals surface area (Å²) >= 11 is 0. The number of aryl methyl sites for hydroxylation is 1. The molecule has 1 fully saturated rings. The predicted octanol–water partition coefficient (Wildman–Crippen LogP) is 5.41. The molecule has 0 saturated heterocycles. The molecular weight excluding hydrogens is 258 g/mol. The molecular formula is C19H31NO. The van der Waals surface area contributed by atoms with Gasteiger partial charge in [-0.3, -0.25) is 0 Å². The van der Waals surface area contributed by atoms with E-state index in [4.69, 9.17) is 4.74 Å². The minimum absolute atomic E-state index is 0.226. The fourth-order valence-corrected chi connectivity index (χ4v) is 3.50. The van der Waals surface area contributed by atoms with Gasteiger partial charge in [-0.15, -0.1) is 0 Å². The van der Waals surface area contributed by atoms with Crippen LogP contribution in [-0.2, 0) is 0 Å². The number of hydrogen-bond acceptors (Lipinski definition) is 2. The van der Waals surface area contributed by atoms with Gasteiger partial charge < -0.3 is 10.1 Å². The summed E-state index contributed by atoms with van der Waals surface area (Å²) in [5.74, 6) is 1.69. The van der Waals surface area contributed by atoms with Crippen LogP contribution in [0.1, 0.15) is 59.4 Å². The fraction of sp³-hybridized carbons (Fsp3) is 0.684. The number of benzene rings is 1. The minimum Gasteiger partial charge on any atom is -0.491 e.